The summed E-state index contributed by atoms with van der Waals surface area (Å²) < 4.78 is 25.9. The molecule has 112 valence electrons. The summed E-state index contributed by atoms with van der Waals surface area (Å²) in [6.07, 6.45) is 3.12. The predicted molar refractivity (Wildman–Crippen MR) is 73.2 cm³/mol. The third-order valence-electron chi connectivity index (χ3n) is 2.91. The van der Waals surface area contributed by atoms with Crippen LogP contribution in [0.4, 0.5) is 0 Å². The monoisotopic (exact) mass is 310 g/mol. The van der Waals surface area contributed by atoms with Crippen molar-refractivity contribution in [1.29, 1.82) is 0 Å². The fourth-order valence-corrected chi connectivity index (χ4v) is 3.10. The van der Waals surface area contributed by atoms with E-state index in [-0.39, 0.29) is 17.8 Å². The van der Waals surface area contributed by atoms with Gasteiger partial charge >= 0.3 is 5.97 Å². The number of carbonyl (C=O) groups is 1. The third-order valence-corrected chi connectivity index (χ3v) is 4.64. The smallest absolute Gasteiger partial charge is 0.340 e. The van der Waals surface area contributed by atoms with Gasteiger partial charge in [0, 0.05) is 31.7 Å². The van der Waals surface area contributed by atoms with Crippen molar-refractivity contribution >= 4 is 16.0 Å². The van der Waals surface area contributed by atoms with Gasteiger partial charge in [-0.3, -0.25) is 10.1 Å². The van der Waals surface area contributed by atoms with Crippen LogP contribution in [-0.2, 0) is 16.6 Å². The van der Waals surface area contributed by atoms with Gasteiger partial charge in [0.1, 0.15) is 5.56 Å². The summed E-state index contributed by atoms with van der Waals surface area (Å²) in [5, 5.41) is 14.6. The first-order valence-corrected chi connectivity index (χ1v) is 7.41. The number of sulfonamides is 1. The van der Waals surface area contributed by atoms with Gasteiger partial charge in [0.25, 0.3) is 10.0 Å². The summed E-state index contributed by atoms with van der Waals surface area (Å²) in [6.45, 7) is 1.53. The molecule has 0 saturated heterocycles. The van der Waals surface area contributed by atoms with Gasteiger partial charge in [-0.1, -0.05) is 6.07 Å². The van der Waals surface area contributed by atoms with E-state index < -0.39 is 21.0 Å². The maximum atomic E-state index is 12.4. The topological polar surface area (TPSA) is 116 Å². The number of nitrogens with one attached hydrogen (secondary N) is 1. The molecular formula is C12H14N4O4S. The average Bonchev–Trinajstić information content (AvgIpc) is 2.82. The van der Waals surface area contributed by atoms with E-state index in [1.54, 1.807) is 24.5 Å². The molecule has 0 bridgehead atoms. The lowest BCUT2D eigenvalue weighted by atomic mass is 10.3. The van der Waals surface area contributed by atoms with Crippen molar-refractivity contribution in [2.75, 3.05) is 7.05 Å². The zero-order valence-electron chi connectivity index (χ0n) is 11.4. The molecule has 0 spiro atoms. The van der Waals surface area contributed by atoms with Gasteiger partial charge in [-0.25, -0.2) is 13.2 Å². The fraction of sp³-hybridized carbons (Fsp3) is 0.250. The van der Waals surface area contributed by atoms with Crippen LogP contribution in [0.25, 0.3) is 0 Å². The Morgan fingerprint density at radius 2 is 2.19 bits per heavy atom. The number of aromatic amines is 1. The Morgan fingerprint density at radius 3 is 2.76 bits per heavy atom. The Bertz CT molecular complexity index is 755. The van der Waals surface area contributed by atoms with Crippen LogP contribution >= 0.6 is 0 Å². The number of carboxylic acid groups (broad SMARTS) is 1. The molecule has 21 heavy (non-hydrogen) atoms. The lowest BCUT2D eigenvalue weighted by Gasteiger charge is -2.15. The molecular weight excluding hydrogens is 296 g/mol. The first kappa shape index (κ1) is 15.1. The molecule has 0 aromatic carbocycles. The number of H-pyrrole nitrogens is 1. The van der Waals surface area contributed by atoms with Gasteiger partial charge in [0.2, 0.25) is 5.03 Å². The molecule has 0 unspecified atom stereocenters. The van der Waals surface area contributed by atoms with Crippen LogP contribution < -0.4 is 0 Å². The van der Waals surface area contributed by atoms with Gasteiger partial charge in [-0.15, -0.1) is 0 Å². The maximum absolute atomic E-state index is 12.4. The molecule has 0 amide bonds. The normalized spacial score (nSPS) is 11.8. The number of hydrogen-bond acceptors (Lipinski definition) is 5. The Hall–Kier alpha value is -2.26. The predicted octanol–water partition coefficient (Wildman–Crippen LogP) is 0.632. The summed E-state index contributed by atoms with van der Waals surface area (Å²) in [5.74, 6) is -1.34. The van der Waals surface area contributed by atoms with Crippen LogP contribution in [0.2, 0.25) is 0 Å². The summed E-state index contributed by atoms with van der Waals surface area (Å²) in [6, 6.07) is 3.42. The standard InChI is InChI=1S/C12H14N4O4S/c1-8-10(12(17)18)11(15-14-8)21(19,20)16(2)7-9-4-3-5-13-6-9/h3-6H,7H2,1-2H3,(H,14,15)(H,17,18). The van der Waals surface area contributed by atoms with Gasteiger partial charge in [-0.05, 0) is 18.6 Å². The average molecular weight is 310 g/mol. The molecule has 0 aliphatic heterocycles. The Labute approximate surface area is 121 Å². The highest BCUT2D eigenvalue weighted by atomic mass is 32.2. The molecule has 0 aliphatic rings. The van der Waals surface area contributed by atoms with Crippen molar-refractivity contribution in [3.63, 3.8) is 0 Å². The van der Waals surface area contributed by atoms with E-state index in [1.807, 2.05) is 0 Å². The number of aromatic nitrogens is 3. The van der Waals surface area contributed by atoms with Crippen LogP contribution in [-0.4, -0.2) is 46.0 Å². The molecule has 2 aromatic rings. The SMILES string of the molecule is Cc1[nH]nc(S(=O)(=O)N(C)Cc2cccnc2)c1C(=O)O. The van der Waals surface area contributed by atoms with Crippen LogP contribution in [0.5, 0.6) is 0 Å². The summed E-state index contributed by atoms with van der Waals surface area (Å²) in [4.78, 5) is 15.1. The Kier molecular flexibility index (Phi) is 4.05. The van der Waals surface area contributed by atoms with Gasteiger partial charge < -0.3 is 5.11 Å². The number of aromatic carboxylic acids is 1. The van der Waals surface area contributed by atoms with Crippen molar-refractivity contribution in [2.45, 2.75) is 18.5 Å². The molecule has 0 saturated carbocycles. The minimum Gasteiger partial charge on any atom is -0.478 e. The third kappa shape index (κ3) is 2.93. The van der Waals surface area contributed by atoms with Crippen LogP contribution in [0.3, 0.4) is 0 Å². The number of aryl methyl sites for hydroxylation is 1. The van der Waals surface area contributed by atoms with Crippen LogP contribution in [0.1, 0.15) is 21.6 Å². The highest BCUT2D eigenvalue weighted by molar-refractivity contribution is 7.89. The quantitative estimate of drug-likeness (QED) is 0.836. The minimum absolute atomic E-state index is 0.0706. The second kappa shape index (κ2) is 5.62. The number of rotatable bonds is 5. The zero-order valence-corrected chi connectivity index (χ0v) is 12.3. The molecule has 2 N–H and O–H groups in total. The van der Waals surface area contributed by atoms with Crippen molar-refractivity contribution in [3.05, 3.63) is 41.3 Å². The first-order valence-electron chi connectivity index (χ1n) is 5.97. The van der Waals surface area contributed by atoms with Crippen LogP contribution in [0, 0.1) is 6.92 Å². The van der Waals surface area contributed by atoms with Crippen molar-refractivity contribution in [3.8, 4) is 0 Å². The summed E-state index contributed by atoms with van der Waals surface area (Å²) in [7, 11) is -2.65. The zero-order chi connectivity index (χ0) is 15.6. The van der Waals surface area contributed by atoms with E-state index in [4.69, 9.17) is 5.11 Å². The molecule has 0 aliphatic carbocycles. The molecule has 0 fully saturated rings. The van der Waals surface area contributed by atoms with E-state index in [9.17, 15) is 13.2 Å². The number of carboxylic acids is 1. The number of nitrogens with zero attached hydrogens (tertiary/aromatic N) is 3. The largest absolute Gasteiger partial charge is 0.478 e. The molecule has 0 radical (unpaired) electrons. The Morgan fingerprint density at radius 1 is 1.48 bits per heavy atom. The van der Waals surface area contributed by atoms with Crippen molar-refractivity contribution < 1.29 is 18.3 Å². The first-order chi connectivity index (χ1) is 9.84. The molecule has 8 nitrogen and oxygen atoms in total. The molecule has 2 aromatic heterocycles. The van der Waals surface area contributed by atoms with Crippen molar-refractivity contribution in [1.82, 2.24) is 19.5 Å². The maximum Gasteiger partial charge on any atom is 0.340 e. The molecule has 0 atom stereocenters. The van der Waals surface area contributed by atoms with Crippen molar-refractivity contribution in [2.24, 2.45) is 0 Å². The van der Waals surface area contributed by atoms with E-state index in [0.717, 1.165) is 4.31 Å². The van der Waals surface area contributed by atoms with Gasteiger partial charge in [0.05, 0.1) is 0 Å². The van der Waals surface area contributed by atoms with Crippen LogP contribution in [0.15, 0.2) is 29.6 Å². The highest BCUT2D eigenvalue weighted by Crippen LogP contribution is 2.20. The van der Waals surface area contributed by atoms with E-state index in [0.29, 0.717) is 5.56 Å². The number of pyridine rings is 1. The lowest BCUT2D eigenvalue weighted by molar-refractivity contribution is 0.0691. The van der Waals surface area contributed by atoms with Gasteiger partial charge in [-0.2, -0.15) is 9.40 Å². The summed E-state index contributed by atoms with van der Waals surface area (Å²) in [5.41, 5.74) is 0.539. The second-order valence-electron chi connectivity index (χ2n) is 4.46. The minimum atomic E-state index is -4.01. The molecule has 9 heteroatoms. The molecule has 2 rings (SSSR count). The number of hydrogen-bond donors (Lipinski definition) is 2. The van der Waals surface area contributed by atoms with Gasteiger partial charge in [0.15, 0.2) is 0 Å². The highest BCUT2D eigenvalue weighted by Gasteiger charge is 2.31. The second-order valence-corrected chi connectivity index (χ2v) is 6.42. The van der Waals surface area contributed by atoms with E-state index in [1.165, 1.54) is 14.0 Å². The fourth-order valence-electron chi connectivity index (χ4n) is 1.83. The Balaban J connectivity index is 2.36. The summed E-state index contributed by atoms with van der Waals surface area (Å²) >= 11 is 0. The van der Waals surface area contributed by atoms with E-state index in [2.05, 4.69) is 15.2 Å². The molecule has 2 heterocycles. The van der Waals surface area contributed by atoms with E-state index >= 15 is 0 Å². The lowest BCUT2D eigenvalue weighted by Crippen LogP contribution is -2.28.